The Hall–Kier alpha value is -2.97. The van der Waals surface area contributed by atoms with E-state index in [1.165, 1.54) is 14.2 Å². The zero-order valence-corrected chi connectivity index (χ0v) is 17.6. The Morgan fingerprint density at radius 3 is 2.10 bits per heavy atom. The number of nitrogens with one attached hydrogen (secondary N) is 1. The third-order valence-electron chi connectivity index (χ3n) is 4.33. The molecule has 1 aliphatic heterocycles. The highest BCUT2D eigenvalue weighted by Gasteiger charge is 2.26. The number of alkyl carbamates (subject to hydrolysis) is 1. The molecule has 9 nitrogen and oxygen atoms in total. The van der Waals surface area contributed by atoms with Crippen LogP contribution in [0.2, 0.25) is 0 Å². The third kappa shape index (κ3) is 6.27. The van der Waals surface area contributed by atoms with Crippen molar-refractivity contribution in [3.05, 3.63) is 23.8 Å². The lowest BCUT2D eigenvalue weighted by Crippen LogP contribution is -2.52. The standard InChI is InChI=1S/C20H29N3O6/c1-20(2,3)29-19(26)21-13-17(24)22-8-10-23(11-9-22)18(25)14-6-7-15(27-4)16(12-14)28-5/h6-7,12H,8-11,13H2,1-5H3,(H,21,26). The highest BCUT2D eigenvalue weighted by molar-refractivity contribution is 5.95. The minimum atomic E-state index is -0.631. The maximum Gasteiger partial charge on any atom is 0.408 e. The van der Waals surface area contributed by atoms with Gasteiger partial charge in [-0.25, -0.2) is 4.79 Å². The van der Waals surface area contributed by atoms with Crippen LogP contribution >= 0.6 is 0 Å². The van der Waals surface area contributed by atoms with Crippen LogP contribution < -0.4 is 14.8 Å². The predicted octanol–water partition coefficient (Wildman–Crippen LogP) is 1.51. The second kappa shape index (κ2) is 9.49. The van der Waals surface area contributed by atoms with Crippen LogP contribution in [0, 0.1) is 0 Å². The fraction of sp³-hybridized carbons (Fsp3) is 0.550. The Morgan fingerprint density at radius 2 is 1.55 bits per heavy atom. The topological polar surface area (TPSA) is 97.4 Å². The van der Waals surface area contributed by atoms with E-state index in [4.69, 9.17) is 14.2 Å². The largest absolute Gasteiger partial charge is 0.493 e. The van der Waals surface area contributed by atoms with E-state index >= 15 is 0 Å². The summed E-state index contributed by atoms with van der Waals surface area (Å²) >= 11 is 0. The second-order valence-electron chi connectivity index (χ2n) is 7.60. The first kappa shape index (κ1) is 22.3. The van der Waals surface area contributed by atoms with Crippen molar-refractivity contribution < 1.29 is 28.6 Å². The molecular weight excluding hydrogens is 378 g/mol. The number of benzene rings is 1. The number of amides is 3. The van der Waals surface area contributed by atoms with Crippen molar-refractivity contribution >= 4 is 17.9 Å². The average Bonchev–Trinajstić information content (AvgIpc) is 2.69. The van der Waals surface area contributed by atoms with Gasteiger partial charge >= 0.3 is 6.09 Å². The number of ether oxygens (including phenoxy) is 3. The highest BCUT2D eigenvalue weighted by atomic mass is 16.6. The number of nitrogens with zero attached hydrogens (tertiary/aromatic N) is 2. The van der Waals surface area contributed by atoms with Gasteiger partial charge in [-0.1, -0.05) is 0 Å². The molecule has 0 unspecified atom stereocenters. The van der Waals surface area contributed by atoms with Crippen LogP contribution in [-0.2, 0) is 9.53 Å². The third-order valence-corrected chi connectivity index (χ3v) is 4.33. The van der Waals surface area contributed by atoms with Gasteiger partial charge in [-0.15, -0.1) is 0 Å². The van der Waals surface area contributed by atoms with Crippen molar-refractivity contribution in [2.24, 2.45) is 0 Å². The van der Waals surface area contributed by atoms with Crippen LogP contribution in [0.1, 0.15) is 31.1 Å². The summed E-state index contributed by atoms with van der Waals surface area (Å²) in [5, 5.41) is 2.46. The van der Waals surface area contributed by atoms with Gasteiger partial charge in [0, 0.05) is 31.7 Å². The molecule has 0 saturated carbocycles. The number of piperazine rings is 1. The van der Waals surface area contributed by atoms with Crippen molar-refractivity contribution in [1.29, 1.82) is 0 Å². The molecule has 9 heteroatoms. The first-order chi connectivity index (χ1) is 13.6. The average molecular weight is 407 g/mol. The van der Waals surface area contributed by atoms with Crippen molar-refractivity contribution in [2.45, 2.75) is 26.4 Å². The van der Waals surface area contributed by atoms with Crippen LogP contribution in [0.4, 0.5) is 4.79 Å². The molecule has 1 saturated heterocycles. The molecule has 1 fully saturated rings. The molecule has 1 N–H and O–H groups in total. The van der Waals surface area contributed by atoms with Crippen LogP contribution in [0.25, 0.3) is 0 Å². The summed E-state index contributed by atoms with van der Waals surface area (Å²) in [7, 11) is 3.05. The van der Waals surface area contributed by atoms with Gasteiger partial charge in [0.05, 0.1) is 14.2 Å². The van der Waals surface area contributed by atoms with Gasteiger partial charge in [-0.05, 0) is 39.0 Å². The van der Waals surface area contributed by atoms with E-state index in [2.05, 4.69) is 5.32 Å². The van der Waals surface area contributed by atoms with Gasteiger partial charge in [-0.3, -0.25) is 9.59 Å². The first-order valence-electron chi connectivity index (χ1n) is 9.40. The molecular formula is C20H29N3O6. The van der Waals surface area contributed by atoms with Gasteiger partial charge in [0.15, 0.2) is 11.5 Å². The van der Waals surface area contributed by atoms with E-state index in [0.717, 1.165) is 0 Å². The SMILES string of the molecule is COc1ccc(C(=O)N2CCN(C(=O)CNC(=O)OC(C)(C)C)CC2)cc1OC. The second-order valence-corrected chi connectivity index (χ2v) is 7.60. The molecule has 29 heavy (non-hydrogen) atoms. The van der Waals surface area contributed by atoms with E-state index in [0.29, 0.717) is 43.2 Å². The Labute approximate surface area is 170 Å². The first-order valence-corrected chi connectivity index (χ1v) is 9.40. The normalized spacial score (nSPS) is 14.2. The van der Waals surface area contributed by atoms with E-state index in [1.54, 1.807) is 48.8 Å². The zero-order chi connectivity index (χ0) is 21.6. The number of carbonyl (C=O) groups is 3. The molecule has 2 rings (SSSR count). The van der Waals surface area contributed by atoms with Gasteiger partial charge in [0.2, 0.25) is 5.91 Å². The Kier molecular flexibility index (Phi) is 7.30. The molecule has 160 valence electrons. The molecule has 0 aromatic heterocycles. The van der Waals surface area contributed by atoms with Crippen LogP contribution in [-0.4, -0.2) is 80.3 Å². The molecule has 0 spiro atoms. The number of rotatable bonds is 5. The minimum absolute atomic E-state index is 0.134. The lowest BCUT2D eigenvalue weighted by molar-refractivity contribution is -0.131. The van der Waals surface area contributed by atoms with Gasteiger partial charge < -0.3 is 29.3 Å². The molecule has 1 heterocycles. The van der Waals surface area contributed by atoms with Gasteiger partial charge in [0.1, 0.15) is 12.1 Å². The van der Waals surface area contributed by atoms with Crippen LogP contribution in [0.3, 0.4) is 0 Å². The summed E-state index contributed by atoms with van der Waals surface area (Å²) < 4.78 is 15.6. The summed E-state index contributed by atoms with van der Waals surface area (Å²) in [6, 6.07) is 5.02. The molecule has 0 bridgehead atoms. The van der Waals surface area contributed by atoms with E-state index in [-0.39, 0.29) is 18.4 Å². The number of hydrogen-bond acceptors (Lipinski definition) is 6. The molecule has 0 atom stereocenters. The zero-order valence-electron chi connectivity index (χ0n) is 17.6. The maximum absolute atomic E-state index is 12.7. The maximum atomic E-state index is 12.7. The van der Waals surface area contributed by atoms with E-state index in [1.807, 2.05) is 0 Å². The fourth-order valence-electron chi connectivity index (χ4n) is 2.88. The summed E-state index contributed by atoms with van der Waals surface area (Å²) in [6.45, 7) is 6.73. The molecule has 0 radical (unpaired) electrons. The molecule has 3 amide bonds. The predicted molar refractivity (Wildman–Crippen MR) is 106 cm³/mol. The molecule has 1 aromatic rings. The monoisotopic (exact) mass is 407 g/mol. The lowest BCUT2D eigenvalue weighted by Gasteiger charge is -2.35. The number of methoxy groups -OCH3 is 2. The molecule has 1 aliphatic rings. The lowest BCUT2D eigenvalue weighted by atomic mass is 10.1. The Bertz CT molecular complexity index is 751. The van der Waals surface area contributed by atoms with Crippen molar-refractivity contribution in [2.75, 3.05) is 46.9 Å². The fourth-order valence-corrected chi connectivity index (χ4v) is 2.88. The highest BCUT2D eigenvalue weighted by Crippen LogP contribution is 2.28. The van der Waals surface area contributed by atoms with Crippen molar-refractivity contribution in [1.82, 2.24) is 15.1 Å². The Balaban J connectivity index is 1.86. The van der Waals surface area contributed by atoms with Crippen molar-refractivity contribution in [3.8, 4) is 11.5 Å². The number of carbonyl (C=O) groups excluding carboxylic acids is 3. The smallest absolute Gasteiger partial charge is 0.408 e. The van der Waals surface area contributed by atoms with E-state index < -0.39 is 11.7 Å². The van der Waals surface area contributed by atoms with Gasteiger partial charge in [0.25, 0.3) is 5.91 Å². The van der Waals surface area contributed by atoms with Gasteiger partial charge in [-0.2, -0.15) is 0 Å². The van der Waals surface area contributed by atoms with Crippen molar-refractivity contribution in [3.63, 3.8) is 0 Å². The van der Waals surface area contributed by atoms with E-state index in [9.17, 15) is 14.4 Å². The summed E-state index contributed by atoms with van der Waals surface area (Å²) in [5.41, 5.74) is -0.127. The summed E-state index contributed by atoms with van der Waals surface area (Å²) in [5.74, 6) is 0.691. The summed E-state index contributed by atoms with van der Waals surface area (Å²) in [4.78, 5) is 40.0. The number of hydrogen-bond donors (Lipinski definition) is 1. The minimum Gasteiger partial charge on any atom is -0.493 e. The Morgan fingerprint density at radius 1 is 0.966 bits per heavy atom. The van der Waals surface area contributed by atoms with Crippen LogP contribution in [0.5, 0.6) is 11.5 Å². The quantitative estimate of drug-likeness (QED) is 0.795. The molecule has 1 aromatic carbocycles. The summed E-state index contributed by atoms with van der Waals surface area (Å²) in [6.07, 6.45) is -0.631. The molecule has 0 aliphatic carbocycles. The van der Waals surface area contributed by atoms with Crippen LogP contribution in [0.15, 0.2) is 18.2 Å².